The quantitative estimate of drug-likeness (QED) is 0.475. The number of nitrogens with zero attached hydrogens (tertiary/aromatic N) is 3. The van der Waals surface area contributed by atoms with E-state index in [9.17, 15) is 0 Å². The molecule has 0 amide bonds. The lowest BCUT2D eigenvalue weighted by Crippen LogP contribution is -2.34. The molecule has 0 radical (unpaired) electrons. The maximum Gasteiger partial charge on any atom is 0.208 e. The normalized spacial score (nSPS) is 14.5. The van der Waals surface area contributed by atoms with Crippen molar-refractivity contribution in [3.8, 4) is 17.7 Å². The molecule has 106 valence electrons. The van der Waals surface area contributed by atoms with Crippen LogP contribution in [0.4, 0.5) is 0 Å². The van der Waals surface area contributed by atoms with E-state index in [1.54, 1.807) is 14.2 Å². The van der Waals surface area contributed by atoms with Gasteiger partial charge in [0, 0.05) is 13.1 Å². The summed E-state index contributed by atoms with van der Waals surface area (Å²) in [6.45, 7) is 1.58. The third kappa shape index (κ3) is 2.83. The summed E-state index contributed by atoms with van der Waals surface area (Å²) < 4.78 is 10.7. The van der Waals surface area contributed by atoms with Crippen molar-refractivity contribution in [2.24, 2.45) is 4.99 Å². The molecule has 0 aromatic heterocycles. The Morgan fingerprint density at radius 3 is 2.50 bits per heavy atom. The van der Waals surface area contributed by atoms with Crippen LogP contribution in [0.25, 0.3) is 0 Å². The molecule has 20 heavy (non-hydrogen) atoms. The Morgan fingerprint density at radius 1 is 1.30 bits per heavy atom. The molecule has 0 bridgehead atoms. The van der Waals surface area contributed by atoms with Crippen molar-refractivity contribution < 1.29 is 9.47 Å². The van der Waals surface area contributed by atoms with Crippen molar-refractivity contribution in [3.63, 3.8) is 0 Å². The van der Waals surface area contributed by atoms with E-state index < -0.39 is 0 Å². The maximum atomic E-state index is 8.73. The molecule has 0 fully saturated rings. The number of amidine groups is 1. The second-order valence-corrected chi connectivity index (χ2v) is 5.12. The van der Waals surface area contributed by atoms with Gasteiger partial charge < -0.3 is 14.4 Å². The number of ether oxygens (including phenoxy) is 2. The largest absolute Gasteiger partial charge is 0.493 e. The van der Waals surface area contributed by atoms with E-state index in [0.717, 1.165) is 36.2 Å². The minimum absolute atomic E-state index is 0.732. The third-order valence-corrected chi connectivity index (χ3v) is 4.03. The molecule has 0 atom stereocenters. The average Bonchev–Trinajstić information content (AvgIpc) is 2.50. The number of hydrogen-bond acceptors (Lipinski definition) is 5. The first-order valence-electron chi connectivity index (χ1n) is 6.23. The van der Waals surface area contributed by atoms with E-state index in [1.165, 1.54) is 22.9 Å². The molecule has 1 aromatic rings. The lowest BCUT2D eigenvalue weighted by Gasteiger charge is -2.30. The summed E-state index contributed by atoms with van der Waals surface area (Å²) in [7, 11) is 3.28. The third-order valence-electron chi connectivity index (χ3n) is 3.32. The Labute approximate surface area is 123 Å². The molecular weight excluding hydrogens is 274 g/mol. The zero-order chi connectivity index (χ0) is 14.5. The summed E-state index contributed by atoms with van der Waals surface area (Å²) in [5.74, 6) is 1.49. The summed E-state index contributed by atoms with van der Waals surface area (Å²) in [5, 5.41) is 9.49. The van der Waals surface area contributed by atoms with E-state index in [4.69, 9.17) is 14.7 Å². The number of aliphatic imine (C=N–C) groups is 1. The molecule has 0 aliphatic carbocycles. The summed E-state index contributed by atoms with van der Waals surface area (Å²) >= 11 is 1.49. The number of methoxy groups -OCH3 is 2. The lowest BCUT2D eigenvalue weighted by molar-refractivity contribution is 0.349. The van der Waals surface area contributed by atoms with Crippen LogP contribution in [0.1, 0.15) is 11.1 Å². The predicted molar refractivity (Wildman–Crippen MR) is 80.2 cm³/mol. The maximum absolute atomic E-state index is 8.73. The van der Waals surface area contributed by atoms with Crippen LogP contribution in [-0.2, 0) is 13.0 Å². The molecule has 6 heteroatoms. The minimum Gasteiger partial charge on any atom is -0.493 e. The average molecular weight is 291 g/mol. The number of rotatable bonds is 2. The number of thioether (sulfide) groups is 1. The van der Waals surface area contributed by atoms with Gasteiger partial charge >= 0.3 is 0 Å². The highest BCUT2D eigenvalue weighted by atomic mass is 32.2. The van der Waals surface area contributed by atoms with Crippen molar-refractivity contribution in [2.45, 2.75) is 13.0 Å². The van der Waals surface area contributed by atoms with Gasteiger partial charge in [-0.15, -0.1) is 4.99 Å². The van der Waals surface area contributed by atoms with Crippen LogP contribution >= 0.6 is 11.8 Å². The fraction of sp³-hybridized carbons (Fsp3) is 0.429. The van der Waals surface area contributed by atoms with E-state index >= 15 is 0 Å². The molecule has 0 saturated carbocycles. The molecule has 1 aromatic carbocycles. The zero-order valence-electron chi connectivity index (χ0n) is 11.8. The van der Waals surface area contributed by atoms with E-state index in [2.05, 4.69) is 9.89 Å². The molecule has 0 saturated heterocycles. The van der Waals surface area contributed by atoms with Crippen molar-refractivity contribution in [3.05, 3.63) is 23.3 Å². The van der Waals surface area contributed by atoms with Gasteiger partial charge in [0.25, 0.3) is 0 Å². The summed E-state index contributed by atoms with van der Waals surface area (Å²) in [6, 6.07) is 4.04. The van der Waals surface area contributed by atoms with Crippen molar-refractivity contribution >= 4 is 16.9 Å². The van der Waals surface area contributed by atoms with Gasteiger partial charge in [0.15, 0.2) is 16.7 Å². The number of benzene rings is 1. The van der Waals surface area contributed by atoms with Gasteiger partial charge in [-0.05, 0) is 35.9 Å². The van der Waals surface area contributed by atoms with Gasteiger partial charge in [0.1, 0.15) is 0 Å². The Kier molecular flexibility index (Phi) is 4.74. The first-order chi connectivity index (χ1) is 9.73. The fourth-order valence-corrected chi connectivity index (χ4v) is 2.88. The fourth-order valence-electron chi connectivity index (χ4n) is 2.33. The highest BCUT2D eigenvalue weighted by Crippen LogP contribution is 2.33. The monoisotopic (exact) mass is 291 g/mol. The predicted octanol–water partition coefficient (Wildman–Crippen LogP) is 2.26. The first-order valence-corrected chi connectivity index (χ1v) is 7.45. The van der Waals surface area contributed by atoms with Crippen LogP contribution in [0.3, 0.4) is 0 Å². The van der Waals surface area contributed by atoms with Crippen LogP contribution < -0.4 is 9.47 Å². The Bertz CT molecular complexity index is 566. The van der Waals surface area contributed by atoms with Crippen LogP contribution in [0.2, 0.25) is 0 Å². The molecule has 1 heterocycles. The van der Waals surface area contributed by atoms with E-state index in [0.29, 0.717) is 0 Å². The minimum atomic E-state index is 0.732. The van der Waals surface area contributed by atoms with Gasteiger partial charge in [-0.1, -0.05) is 11.8 Å². The molecule has 0 unspecified atom stereocenters. The summed E-state index contributed by atoms with van der Waals surface area (Å²) in [6.07, 6.45) is 4.70. The standard InChI is InChI=1S/C14H17N3O2S/c1-18-12-6-10-4-5-17(14(20-3)16-9-15)8-11(10)7-13(12)19-2/h6-7H,4-5,8H2,1-3H3. The Hall–Kier alpha value is -1.87. The number of fused-ring (bicyclic) bond motifs is 1. The van der Waals surface area contributed by atoms with Gasteiger partial charge in [0.2, 0.25) is 6.19 Å². The highest BCUT2D eigenvalue weighted by Gasteiger charge is 2.21. The molecule has 1 aliphatic heterocycles. The Morgan fingerprint density at radius 2 is 1.95 bits per heavy atom. The van der Waals surface area contributed by atoms with Crippen LogP contribution in [0.15, 0.2) is 17.1 Å². The SMILES string of the molecule is COc1cc2c(cc1OC)CN(C(=NC#N)SC)CC2. The first kappa shape index (κ1) is 14.5. The van der Waals surface area contributed by atoms with Crippen LogP contribution in [-0.4, -0.2) is 37.1 Å². The van der Waals surface area contributed by atoms with Crippen molar-refractivity contribution in [1.82, 2.24) is 4.90 Å². The van der Waals surface area contributed by atoms with Crippen molar-refractivity contribution in [2.75, 3.05) is 27.0 Å². The summed E-state index contributed by atoms with van der Waals surface area (Å²) in [4.78, 5) is 5.98. The smallest absolute Gasteiger partial charge is 0.208 e. The van der Waals surface area contributed by atoms with Gasteiger partial charge in [-0.2, -0.15) is 5.26 Å². The van der Waals surface area contributed by atoms with Crippen molar-refractivity contribution in [1.29, 1.82) is 5.26 Å². The highest BCUT2D eigenvalue weighted by molar-refractivity contribution is 8.13. The Balaban J connectivity index is 2.30. The van der Waals surface area contributed by atoms with Gasteiger partial charge in [0.05, 0.1) is 14.2 Å². The van der Waals surface area contributed by atoms with Gasteiger partial charge in [-0.3, -0.25) is 0 Å². The molecule has 5 nitrogen and oxygen atoms in total. The van der Waals surface area contributed by atoms with Gasteiger partial charge in [-0.25, -0.2) is 0 Å². The van der Waals surface area contributed by atoms with Crippen LogP contribution in [0.5, 0.6) is 11.5 Å². The van der Waals surface area contributed by atoms with Crippen LogP contribution in [0, 0.1) is 11.5 Å². The lowest BCUT2D eigenvalue weighted by atomic mass is 9.99. The topological polar surface area (TPSA) is 57.9 Å². The molecular formula is C14H17N3O2S. The van der Waals surface area contributed by atoms with E-state index in [-0.39, 0.29) is 0 Å². The molecule has 1 aliphatic rings. The second-order valence-electron chi connectivity index (χ2n) is 4.35. The molecule has 0 spiro atoms. The van der Waals surface area contributed by atoms with E-state index in [1.807, 2.05) is 24.6 Å². The zero-order valence-corrected chi connectivity index (χ0v) is 12.7. The molecule has 2 rings (SSSR count). The summed E-state index contributed by atoms with van der Waals surface area (Å²) in [5.41, 5.74) is 2.45. The number of nitriles is 1. The molecule has 0 N–H and O–H groups in total. The number of hydrogen-bond donors (Lipinski definition) is 0. The second kappa shape index (κ2) is 6.53.